The summed E-state index contributed by atoms with van der Waals surface area (Å²) in [6, 6.07) is 20.8. The zero-order chi connectivity index (χ0) is 34.0. The molecule has 2 atom stereocenters. The van der Waals surface area contributed by atoms with Crippen LogP contribution in [-0.4, -0.2) is 67.6 Å². The van der Waals surface area contributed by atoms with E-state index in [1.54, 1.807) is 36.5 Å². The second-order valence-corrected chi connectivity index (χ2v) is 14.3. The Labute approximate surface area is 278 Å². The number of hydrogen-bond donors (Lipinski definition) is 1. The van der Waals surface area contributed by atoms with E-state index < -0.39 is 22.0 Å². The number of hydrogen-bond acceptors (Lipinski definition) is 8. The van der Waals surface area contributed by atoms with Gasteiger partial charge in [0.25, 0.3) is 0 Å². The lowest BCUT2D eigenvalue weighted by atomic mass is 9.86. The maximum absolute atomic E-state index is 14.0. The molecule has 0 fully saturated rings. The number of sulfonamides is 1. The number of aliphatic hydroxyl groups is 1. The van der Waals surface area contributed by atoms with Gasteiger partial charge < -0.3 is 9.84 Å². The van der Waals surface area contributed by atoms with Crippen LogP contribution in [0.1, 0.15) is 84.7 Å². The Balaban J connectivity index is 1.65. The molecule has 250 valence electrons. The SMILES string of the molecule is CCCCC(=O)c1cc(C(=O)C[C@@H](Cc2ccccc2)[C@H](O)CN(CC(C)C)S(=O)(=O)c2ccc(OC)cc2)cc(C2=NN=CC2)c1. The number of carbonyl (C=O) groups excluding carboxylic acids is 2. The minimum Gasteiger partial charge on any atom is -0.497 e. The Bertz CT molecular complexity index is 1680. The Morgan fingerprint density at radius 3 is 2.23 bits per heavy atom. The maximum Gasteiger partial charge on any atom is 0.243 e. The van der Waals surface area contributed by atoms with Crippen LogP contribution in [0.25, 0.3) is 0 Å². The van der Waals surface area contributed by atoms with Crippen molar-refractivity contribution in [3.63, 3.8) is 0 Å². The third-order valence-electron chi connectivity index (χ3n) is 8.20. The summed E-state index contributed by atoms with van der Waals surface area (Å²) in [7, 11) is -2.46. The van der Waals surface area contributed by atoms with Gasteiger partial charge in [-0.25, -0.2) is 8.42 Å². The molecule has 0 radical (unpaired) electrons. The van der Waals surface area contributed by atoms with Gasteiger partial charge >= 0.3 is 0 Å². The first-order valence-corrected chi connectivity index (χ1v) is 17.6. The summed E-state index contributed by atoms with van der Waals surface area (Å²) in [6.07, 6.45) is 3.32. The molecule has 1 N–H and O–H groups in total. The summed E-state index contributed by atoms with van der Waals surface area (Å²) in [5.74, 6) is -0.382. The van der Waals surface area contributed by atoms with Crippen molar-refractivity contribution in [1.82, 2.24) is 4.31 Å². The molecule has 0 saturated carbocycles. The van der Waals surface area contributed by atoms with E-state index in [-0.39, 0.29) is 41.9 Å². The van der Waals surface area contributed by atoms with E-state index in [1.165, 1.54) is 23.5 Å². The molecule has 0 bridgehead atoms. The fourth-order valence-corrected chi connectivity index (χ4v) is 7.22. The average molecular weight is 660 g/mol. The minimum atomic E-state index is -3.97. The van der Waals surface area contributed by atoms with Gasteiger partial charge in [-0.3, -0.25) is 9.59 Å². The Morgan fingerprint density at radius 2 is 1.64 bits per heavy atom. The summed E-state index contributed by atoms with van der Waals surface area (Å²) in [6.45, 7) is 5.85. The van der Waals surface area contributed by atoms with Crippen molar-refractivity contribution in [3.8, 4) is 5.75 Å². The zero-order valence-electron chi connectivity index (χ0n) is 27.6. The van der Waals surface area contributed by atoms with Crippen LogP contribution in [0.5, 0.6) is 5.75 Å². The molecule has 1 aliphatic heterocycles. The van der Waals surface area contributed by atoms with Crippen LogP contribution in [0, 0.1) is 11.8 Å². The van der Waals surface area contributed by atoms with E-state index >= 15 is 0 Å². The average Bonchev–Trinajstić information content (AvgIpc) is 3.62. The Hall–Kier alpha value is -3.99. The number of rotatable bonds is 18. The van der Waals surface area contributed by atoms with Gasteiger partial charge in [-0.2, -0.15) is 14.5 Å². The van der Waals surface area contributed by atoms with Crippen LogP contribution in [0.4, 0.5) is 0 Å². The molecule has 0 aliphatic carbocycles. The number of ketones is 2. The topological polar surface area (TPSA) is 126 Å². The fraction of sp³-hybridized carbons (Fsp3) is 0.405. The molecular weight excluding hydrogens is 614 g/mol. The second kappa shape index (κ2) is 16.7. The first-order chi connectivity index (χ1) is 22.5. The highest BCUT2D eigenvalue weighted by Gasteiger charge is 2.32. The highest BCUT2D eigenvalue weighted by atomic mass is 32.2. The predicted octanol–water partition coefficient (Wildman–Crippen LogP) is 6.39. The van der Waals surface area contributed by atoms with Crippen LogP contribution in [0.15, 0.2) is 87.9 Å². The molecule has 0 amide bonds. The lowest BCUT2D eigenvalue weighted by Crippen LogP contribution is -2.43. The summed E-state index contributed by atoms with van der Waals surface area (Å²) in [5, 5.41) is 19.9. The molecule has 10 heteroatoms. The number of benzene rings is 3. The number of methoxy groups -OCH3 is 1. The third-order valence-corrected chi connectivity index (χ3v) is 10.0. The molecule has 0 saturated heterocycles. The van der Waals surface area contributed by atoms with Gasteiger partial charge in [-0.15, -0.1) is 0 Å². The van der Waals surface area contributed by atoms with Gasteiger partial charge in [-0.1, -0.05) is 57.5 Å². The van der Waals surface area contributed by atoms with Gasteiger partial charge in [0.2, 0.25) is 10.0 Å². The van der Waals surface area contributed by atoms with E-state index in [1.807, 2.05) is 51.1 Å². The highest BCUT2D eigenvalue weighted by Crippen LogP contribution is 2.26. The number of Topliss-reactive ketones (excluding diaryl/α,β-unsaturated/α-hetero) is 2. The smallest absolute Gasteiger partial charge is 0.243 e. The van der Waals surface area contributed by atoms with Crippen LogP contribution in [0.3, 0.4) is 0 Å². The van der Waals surface area contributed by atoms with Crippen LogP contribution in [-0.2, 0) is 16.4 Å². The second-order valence-electron chi connectivity index (χ2n) is 12.4. The summed E-state index contributed by atoms with van der Waals surface area (Å²) in [4.78, 5) is 27.2. The summed E-state index contributed by atoms with van der Waals surface area (Å²) >= 11 is 0. The maximum atomic E-state index is 14.0. The zero-order valence-corrected chi connectivity index (χ0v) is 28.4. The number of ether oxygens (including phenoxy) is 1. The van der Waals surface area contributed by atoms with Crippen molar-refractivity contribution in [3.05, 3.63) is 95.1 Å². The van der Waals surface area contributed by atoms with Gasteiger partial charge in [0, 0.05) is 49.7 Å². The lowest BCUT2D eigenvalue weighted by molar-refractivity contribution is 0.0689. The molecule has 0 spiro atoms. The van der Waals surface area contributed by atoms with Gasteiger partial charge in [0.1, 0.15) is 5.75 Å². The molecule has 4 rings (SSSR count). The lowest BCUT2D eigenvalue weighted by Gasteiger charge is -2.30. The number of aliphatic hydroxyl groups excluding tert-OH is 1. The highest BCUT2D eigenvalue weighted by molar-refractivity contribution is 7.89. The number of unbranched alkanes of at least 4 members (excludes halogenated alkanes) is 1. The first kappa shape index (κ1) is 35.9. The van der Waals surface area contributed by atoms with Crippen LogP contribution >= 0.6 is 0 Å². The molecule has 1 heterocycles. The van der Waals surface area contributed by atoms with E-state index in [9.17, 15) is 23.1 Å². The van der Waals surface area contributed by atoms with Crippen LogP contribution in [0.2, 0.25) is 0 Å². The van der Waals surface area contributed by atoms with E-state index in [2.05, 4.69) is 10.2 Å². The van der Waals surface area contributed by atoms with Gasteiger partial charge in [0.15, 0.2) is 11.6 Å². The van der Waals surface area contributed by atoms with E-state index in [0.717, 1.165) is 18.4 Å². The summed E-state index contributed by atoms with van der Waals surface area (Å²) in [5.41, 5.74) is 3.06. The number of carbonyl (C=O) groups is 2. The van der Waals surface area contributed by atoms with Crippen molar-refractivity contribution >= 4 is 33.5 Å². The predicted molar refractivity (Wildman–Crippen MR) is 185 cm³/mol. The largest absolute Gasteiger partial charge is 0.497 e. The Kier molecular flexibility index (Phi) is 12.8. The van der Waals surface area contributed by atoms with E-state index in [0.29, 0.717) is 47.4 Å². The standard InChI is InChI=1S/C37H45N3O6S/c1-5-6-12-35(41)30-20-28(34-17-18-38-39-34)21-31(22-30)36(42)23-29(19-27-10-8-7-9-11-27)37(43)25-40(24-26(2)3)47(44,45)33-15-13-32(46-4)14-16-33/h7-11,13-16,18,20-22,26,29,37,43H,5-6,12,17,19,23-25H2,1-4H3/t29-,37-/m1/s1. The van der Waals surface area contributed by atoms with E-state index in [4.69, 9.17) is 4.74 Å². The molecule has 1 aliphatic rings. The van der Waals surface area contributed by atoms with Crippen molar-refractivity contribution in [2.45, 2.75) is 70.3 Å². The fourth-order valence-electron chi connectivity index (χ4n) is 5.60. The molecule has 3 aromatic carbocycles. The van der Waals surface area contributed by atoms with Crippen molar-refractivity contribution in [2.75, 3.05) is 20.2 Å². The Morgan fingerprint density at radius 1 is 0.957 bits per heavy atom. The number of nitrogens with zero attached hydrogens (tertiary/aromatic N) is 3. The molecule has 9 nitrogen and oxygen atoms in total. The van der Waals surface area contributed by atoms with Gasteiger partial charge in [0.05, 0.1) is 23.8 Å². The molecule has 0 aromatic heterocycles. The van der Waals surface area contributed by atoms with Crippen molar-refractivity contribution in [1.29, 1.82) is 0 Å². The molecule has 47 heavy (non-hydrogen) atoms. The van der Waals surface area contributed by atoms with Crippen LogP contribution < -0.4 is 4.74 Å². The first-order valence-electron chi connectivity index (χ1n) is 16.2. The normalized spacial score (nSPS) is 14.3. The van der Waals surface area contributed by atoms with Crippen molar-refractivity contribution < 1.29 is 27.9 Å². The van der Waals surface area contributed by atoms with Gasteiger partial charge in [-0.05, 0) is 78.3 Å². The quantitative estimate of drug-likeness (QED) is 0.158. The molecular formula is C37H45N3O6S. The summed E-state index contributed by atoms with van der Waals surface area (Å²) < 4.78 is 34.1. The minimum absolute atomic E-state index is 0.0154. The van der Waals surface area contributed by atoms with Crippen molar-refractivity contribution in [2.24, 2.45) is 22.0 Å². The third kappa shape index (κ3) is 9.76. The monoisotopic (exact) mass is 659 g/mol. The molecule has 0 unspecified atom stereocenters. The molecule has 3 aromatic rings.